The lowest BCUT2D eigenvalue weighted by Crippen LogP contribution is -2.20. The quantitative estimate of drug-likeness (QED) is 0.389. The molecule has 2 atom stereocenters. The molecule has 1 aromatic rings. The van der Waals surface area contributed by atoms with Crippen molar-refractivity contribution in [3.8, 4) is 11.5 Å². The van der Waals surface area contributed by atoms with Crippen LogP contribution in [0.2, 0.25) is 0 Å². The predicted octanol–water partition coefficient (Wildman–Crippen LogP) is 2.51. The summed E-state index contributed by atoms with van der Waals surface area (Å²) in [6.07, 6.45) is 6.37. The Kier molecular flexibility index (Phi) is 4.83. The number of carbonyl (C=O) groups is 2. The summed E-state index contributed by atoms with van der Waals surface area (Å²) in [6.45, 7) is 1.33. The Morgan fingerprint density at radius 3 is 2.54 bits per heavy atom. The van der Waals surface area contributed by atoms with Gasteiger partial charge in [-0.1, -0.05) is 12.8 Å². The fourth-order valence-electron chi connectivity index (χ4n) is 3.63. The van der Waals surface area contributed by atoms with Crippen LogP contribution < -0.4 is 14.9 Å². The summed E-state index contributed by atoms with van der Waals surface area (Å²) in [6, 6.07) is 5.08. The van der Waals surface area contributed by atoms with Crippen LogP contribution in [0, 0.1) is 17.8 Å². The van der Waals surface area contributed by atoms with Gasteiger partial charge < -0.3 is 9.47 Å². The zero-order valence-corrected chi connectivity index (χ0v) is 14.0. The van der Waals surface area contributed by atoms with Crippen molar-refractivity contribution in [1.29, 1.82) is 0 Å². The number of hydrazone groups is 1. The van der Waals surface area contributed by atoms with Crippen molar-refractivity contribution in [3.63, 3.8) is 0 Å². The van der Waals surface area contributed by atoms with Gasteiger partial charge in [0.2, 0.25) is 5.91 Å². The summed E-state index contributed by atoms with van der Waals surface area (Å²) in [5, 5.41) is 4.04. The van der Waals surface area contributed by atoms with Crippen molar-refractivity contribution >= 4 is 18.1 Å². The van der Waals surface area contributed by atoms with Crippen molar-refractivity contribution in [2.24, 2.45) is 22.9 Å². The number of carbonyl (C=O) groups excluding carboxylic acids is 2. The van der Waals surface area contributed by atoms with E-state index >= 15 is 0 Å². The summed E-state index contributed by atoms with van der Waals surface area (Å²) < 4.78 is 10.3. The van der Waals surface area contributed by atoms with E-state index in [0.717, 1.165) is 5.56 Å². The number of hydrogen-bond acceptors (Lipinski definition) is 5. The highest BCUT2D eigenvalue weighted by atomic mass is 16.6. The molecule has 2 unspecified atom stereocenters. The molecule has 6 nitrogen and oxygen atoms in total. The molecule has 1 amide bonds. The first-order valence-electron chi connectivity index (χ1n) is 8.29. The molecule has 3 rings (SSSR count). The molecule has 2 saturated carbocycles. The van der Waals surface area contributed by atoms with Crippen LogP contribution in [0.15, 0.2) is 23.3 Å². The van der Waals surface area contributed by atoms with E-state index in [2.05, 4.69) is 10.5 Å². The molecule has 0 aliphatic heterocycles. The number of methoxy groups -OCH3 is 1. The highest BCUT2D eigenvalue weighted by Gasteiger charge is 2.54. The maximum Gasteiger partial charge on any atom is 0.308 e. The van der Waals surface area contributed by atoms with E-state index in [0.29, 0.717) is 23.3 Å². The Bertz CT molecular complexity index is 659. The van der Waals surface area contributed by atoms with Crippen molar-refractivity contribution in [1.82, 2.24) is 5.43 Å². The largest absolute Gasteiger partial charge is 0.493 e. The summed E-state index contributed by atoms with van der Waals surface area (Å²) in [5.41, 5.74) is 3.38. The van der Waals surface area contributed by atoms with Gasteiger partial charge in [-0.25, -0.2) is 5.43 Å². The Labute approximate surface area is 141 Å². The molecule has 0 radical (unpaired) electrons. The smallest absolute Gasteiger partial charge is 0.308 e. The molecule has 128 valence electrons. The Morgan fingerprint density at radius 2 is 1.92 bits per heavy atom. The standard InChI is InChI=1S/C18H22N2O4/c1-11(21)24-15-8-7-12(9-16(15)23-2)10-19-20-18(22)17-13-5-3-4-6-14(13)17/h7-10,13-14,17H,3-6H2,1-2H3,(H,20,22)/b19-10+. The second-order valence-corrected chi connectivity index (χ2v) is 6.38. The predicted molar refractivity (Wildman–Crippen MR) is 89.0 cm³/mol. The molecule has 0 spiro atoms. The van der Waals surface area contributed by atoms with E-state index < -0.39 is 5.97 Å². The van der Waals surface area contributed by atoms with Crippen LogP contribution in [0.25, 0.3) is 0 Å². The zero-order chi connectivity index (χ0) is 17.1. The van der Waals surface area contributed by atoms with Gasteiger partial charge in [-0.15, -0.1) is 0 Å². The molecule has 1 N–H and O–H groups in total. The van der Waals surface area contributed by atoms with E-state index in [1.165, 1.54) is 39.7 Å². The lowest BCUT2D eigenvalue weighted by Gasteiger charge is -2.08. The number of rotatable bonds is 5. The first-order valence-corrected chi connectivity index (χ1v) is 8.29. The van der Waals surface area contributed by atoms with Gasteiger partial charge in [0.25, 0.3) is 0 Å². The number of ether oxygens (including phenoxy) is 2. The molecule has 0 heterocycles. The van der Waals surface area contributed by atoms with Gasteiger partial charge in [0.15, 0.2) is 11.5 Å². The summed E-state index contributed by atoms with van der Waals surface area (Å²) in [4.78, 5) is 23.2. The highest BCUT2D eigenvalue weighted by Crippen LogP contribution is 2.55. The third-order valence-electron chi connectivity index (χ3n) is 4.79. The molecule has 6 heteroatoms. The fraction of sp³-hybridized carbons (Fsp3) is 0.500. The third kappa shape index (κ3) is 3.58. The van der Waals surface area contributed by atoms with Crippen LogP contribution in [0.5, 0.6) is 11.5 Å². The molecule has 24 heavy (non-hydrogen) atoms. The lowest BCUT2D eigenvalue weighted by molar-refractivity contribution is -0.132. The summed E-state index contributed by atoms with van der Waals surface area (Å²) >= 11 is 0. The first-order chi connectivity index (χ1) is 11.6. The van der Waals surface area contributed by atoms with Gasteiger partial charge >= 0.3 is 5.97 Å². The molecule has 1 aromatic carbocycles. The average Bonchev–Trinajstić information content (AvgIpc) is 3.30. The molecule has 2 aliphatic rings. The zero-order valence-electron chi connectivity index (χ0n) is 14.0. The molecular formula is C18H22N2O4. The van der Waals surface area contributed by atoms with Crippen LogP contribution in [-0.2, 0) is 9.59 Å². The maximum atomic E-state index is 12.2. The topological polar surface area (TPSA) is 77.0 Å². The van der Waals surface area contributed by atoms with Crippen LogP contribution in [0.3, 0.4) is 0 Å². The van der Waals surface area contributed by atoms with E-state index in [9.17, 15) is 9.59 Å². The SMILES string of the molecule is COc1cc(/C=N/NC(=O)C2C3CCCCC32)ccc1OC(C)=O. The van der Waals surface area contributed by atoms with E-state index in [-0.39, 0.29) is 11.8 Å². The van der Waals surface area contributed by atoms with Crippen molar-refractivity contribution < 1.29 is 19.1 Å². The van der Waals surface area contributed by atoms with Gasteiger partial charge in [-0.05, 0) is 48.4 Å². The number of esters is 1. The van der Waals surface area contributed by atoms with Crippen LogP contribution in [0.1, 0.15) is 38.2 Å². The number of amides is 1. The van der Waals surface area contributed by atoms with Crippen LogP contribution >= 0.6 is 0 Å². The normalized spacial score (nSPS) is 25.0. The second kappa shape index (κ2) is 7.03. The lowest BCUT2D eigenvalue weighted by atomic mass is 10.0. The van der Waals surface area contributed by atoms with Crippen molar-refractivity contribution in [2.75, 3.05) is 7.11 Å². The number of nitrogens with one attached hydrogen (secondary N) is 1. The van der Waals surface area contributed by atoms with Crippen molar-refractivity contribution in [3.05, 3.63) is 23.8 Å². The number of hydrogen-bond donors (Lipinski definition) is 1. The first kappa shape index (κ1) is 16.5. The summed E-state index contributed by atoms with van der Waals surface area (Å²) in [7, 11) is 1.50. The van der Waals surface area contributed by atoms with Gasteiger partial charge in [0, 0.05) is 12.8 Å². The maximum absolute atomic E-state index is 12.2. The molecular weight excluding hydrogens is 308 g/mol. The number of nitrogens with zero attached hydrogens (tertiary/aromatic N) is 1. The van der Waals surface area contributed by atoms with Crippen LogP contribution in [-0.4, -0.2) is 25.2 Å². The van der Waals surface area contributed by atoms with E-state index in [1.54, 1.807) is 24.4 Å². The van der Waals surface area contributed by atoms with Crippen molar-refractivity contribution in [2.45, 2.75) is 32.6 Å². The van der Waals surface area contributed by atoms with Gasteiger partial charge in [-0.2, -0.15) is 5.10 Å². The number of fused-ring (bicyclic) bond motifs is 1. The average molecular weight is 330 g/mol. The third-order valence-corrected chi connectivity index (χ3v) is 4.79. The monoisotopic (exact) mass is 330 g/mol. The minimum Gasteiger partial charge on any atom is -0.493 e. The molecule has 2 fully saturated rings. The minimum absolute atomic E-state index is 0.0200. The van der Waals surface area contributed by atoms with Gasteiger partial charge in [0.05, 0.1) is 13.3 Å². The Hall–Kier alpha value is -2.37. The van der Waals surface area contributed by atoms with E-state index in [4.69, 9.17) is 9.47 Å². The number of benzene rings is 1. The Balaban J connectivity index is 1.58. The molecule has 2 aliphatic carbocycles. The molecule has 0 bridgehead atoms. The van der Waals surface area contributed by atoms with Crippen LogP contribution in [0.4, 0.5) is 0 Å². The highest BCUT2D eigenvalue weighted by molar-refractivity contribution is 5.85. The van der Waals surface area contributed by atoms with Gasteiger partial charge in [0.1, 0.15) is 0 Å². The fourth-order valence-corrected chi connectivity index (χ4v) is 3.63. The van der Waals surface area contributed by atoms with Gasteiger partial charge in [-0.3, -0.25) is 9.59 Å². The minimum atomic E-state index is -0.409. The molecule has 0 aromatic heterocycles. The second-order valence-electron chi connectivity index (χ2n) is 6.38. The summed E-state index contributed by atoms with van der Waals surface area (Å²) in [5.74, 6) is 1.68. The Morgan fingerprint density at radius 1 is 1.21 bits per heavy atom. The van der Waals surface area contributed by atoms with E-state index in [1.807, 2.05) is 0 Å². The molecule has 0 saturated heterocycles.